The Kier molecular flexibility index (Phi) is 8.52. The zero-order valence-corrected chi connectivity index (χ0v) is 11.4. The molecule has 1 aliphatic heterocycles. The van der Waals surface area contributed by atoms with Crippen LogP contribution >= 0.6 is 0 Å². The highest BCUT2D eigenvalue weighted by Gasteiger charge is 2.42. The van der Waals surface area contributed by atoms with E-state index < -0.39 is 24.6 Å². The van der Waals surface area contributed by atoms with Gasteiger partial charge in [0, 0.05) is 6.61 Å². The highest BCUT2D eigenvalue weighted by atomic mass is 16.7. The van der Waals surface area contributed by atoms with Gasteiger partial charge in [0.25, 0.3) is 0 Å². The molecule has 6 nitrogen and oxygen atoms in total. The topological polar surface area (TPSA) is 105 Å². The van der Waals surface area contributed by atoms with E-state index in [1.165, 1.54) is 12.8 Å². The molecular weight excluding hydrogens is 250 g/mol. The fraction of sp³-hybridized carbons (Fsp3) is 1.00. The molecule has 0 bridgehead atoms. The predicted octanol–water partition coefficient (Wildman–Crippen LogP) is -0.259. The largest absolute Gasteiger partial charge is 0.394 e. The van der Waals surface area contributed by atoms with Gasteiger partial charge < -0.3 is 30.5 Å². The van der Waals surface area contributed by atoms with Crippen LogP contribution in [0.4, 0.5) is 0 Å². The van der Waals surface area contributed by atoms with Gasteiger partial charge in [-0.1, -0.05) is 25.7 Å². The molecule has 0 aromatic carbocycles. The summed E-state index contributed by atoms with van der Waals surface area (Å²) in [5.41, 5.74) is 5.41. The minimum atomic E-state index is -1.08. The van der Waals surface area contributed by atoms with Gasteiger partial charge in [-0.05, 0) is 19.4 Å². The van der Waals surface area contributed by atoms with Crippen LogP contribution in [0.1, 0.15) is 38.5 Å². The van der Waals surface area contributed by atoms with Crippen molar-refractivity contribution in [3.63, 3.8) is 0 Å². The third-order valence-corrected chi connectivity index (χ3v) is 3.38. The molecule has 1 aliphatic rings. The molecule has 0 unspecified atom stereocenters. The van der Waals surface area contributed by atoms with Gasteiger partial charge in [0.1, 0.15) is 18.3 Å². The quantitative estimate of drug-likeness (QED) is 0.410. The maximum Gasteiger partial charge on any atom is 0.186 e. The van der Waals surface area contributed by atoms with Gasteiger partial charge in [-0.25, -0.2) is 0 Å². The molecule has 0 aromatic heterocycles. The lowest BCUT2D eigenvalue weighted by molar-refractivity contribution is -0.169. The third-order valence-electron chi connectivity index (χ3n) is 3.38. The summed E-state index contributed by atoms with van der Waals surface area (Å²) in [6, 6.07) is 0. The Bertz CT molecular complexity index is 229. The molecule has 5 N–H and O–H groups in total. The number of hydrogen-bond donors (Lipinski definition) is 4. The van der Waals surface area contributed by atoms with E-state index in [0.717, 1.165) is 32.2 Å². The maximum atomic E-state index is 9.64. The first kappa shape index (κ1) is 16.8. The molecule has 1 rings (SSSR count). The van der Waals surface area contributed by atoms with Crippen LogP contribution in [0, 0.1) is 0 Å². The Hall–Kier alpha value is -0.240. The third kappa shape index (κ3) is 5.72. The molecule has 6 heteroatoms. The number of aliphatic hydroxyl groups is 3. The summed E-state index contributed by atoms with van der Waals surface area (Å²) < 4.78 is 10.6. The average Bonchev–Trinajstić information content (AvgIpc) is 2.69. The number of ether oxygens (including phenoxy) is 2. The van der Waals surface area contributed by atoms with Crippen molar-refractivity contribution < 1.29 is 24.8 Å². The second-order valence-electron chi connectivity index (χ2n) is 4.99. The van der Waals surface area contributed by atoms with Crippen molar-refractivity contribution in [1.29, 1.82) is 0 Å². The van der Waals surface area contributed by atoms with Gasteiger partial charge >= 0.3 is 0 Å². The Morgan fingerprint density at radius 2 is 1.58 bits per heavy atom. The van der Waals surface area contributed by atoms with Crippen LogP contribution in [0.3, 0.4) is 0 Å². The molecule has 0 aromatic rings. The van der Waals surface area contributed by atoms with Gasteiger partial charge in [0.2, 0.25) is 0 Å². The fourth-order valence-electron chi connectivity index (χ4n) is 2.16. The molecule has 0 radical (unpaired) electrons. The second-order valence-corrected chi connectivity index (χ2v) is 4.99. The van der Waals surface area contributed by atoms with Crippen LogP contribution in [-0.4, -0.2) is 59.7 Å². The van der Waals surface area contributed by atoms with E-state index >= 15 is 0 Å². The Morgan fingerprint density at radius 3 is 2.16 bits per heavy atom. The first-order valence-corrected chi connectivity index (χ1v) is 7.14. The Labute approximate surface area is 114 Å². The van der Waals surface area contributed by atoms with Crippen molar-refractivity contribution in [3.8, 4) is 0 Å². The second kappa shape index (κ2) is 9.63. The molecule has 0 amide bonds. The van der Waals surface area contributed by atoms with E-state index in [9.17, 15) is 10.2 Å². The standard InChI is InChI=1S/C13H27NO5/c14-7-5-3-1-2-4-6-8-18-13-12(17)11(16)10(9-15)19-13/h10-13,15-17H,1-9,14H2/t10-,11-,12+,13+/m1/s1. The van der Waals surface area contributed by atoms with Crippen LogP contribution in [-0.2, 0) is 9.47 Å². The van der Waals surface area contributed by atoms with Crippen LogP contribution in [0.15, 0.2) is 0 Å². The number of rotatable bonds is 10. The van der Waals surface area contributed by atoms with E-state index in [4.69, 9.17) is 20.3 Å². The maximum absolute atomic E-state index is 9.64. The normalized spacial score (nSPS) is 30.9. The van der Waals surface area contributed by atoms with Gasteiger partial charge in [-0.15, -0.1) is 0 Å². The van der Waals surface area contributed by atoms with E-state index in [-0.39, 0.29) is 6.61 Å². The summed E-state index contributed by atoms with van der Waals surface area (Å²) in [7, 11) is 0. The van der Waals surface area contributed by atoms with Gasteiger partial charge in [-0.3, -0.25) is 0 Å². The van der Waals surface area contributed by atoms with Crippen molar-refractivity contribution in [1.82, 2.24) is 0 Å². The Morgan fingerprint density at radius 1 is 0.947 bits per heavy atom. The monoisotopic (exact) mass is 277 g/mol. The van der Waals surface area contributed by atoms with Crippen molar-refractivity contribution >= 4 is 0 Å². The predicted molar refractivity (Wildman–Crippen MR) is 70.5 cm³/mol. The van der Waals surface area contributed by atoms with Crippen LogP contribution in [0.25, 0.3) is 0 Å². The van der Waals surface area contributed by atoms with E-state index in [2.05, 4.69) is 0 Å². The molecule has 0 spiro atoms. The summed E-state index contributed by atoms with van der Waals surface area (Å²) in [4.78, 5) is 0. The highest BCUT2D eigenvalue weighted by molar-refractivity contribution is 4.86. The zero-order chi connectivity index (χ0) is 14.1. The van der Waals surface area contributed by atoms with E-state index in [1.807, 2.05) is 0 Å². The minimum absolute atomic E-state index is 0.320. The lowest BCUT2D eigenvalue weighted by Gasteiger charge is -2.15. The van der Waals surface area contributed by atoms with Crippen molar-refractivity contribution in [3.05, 3.63) is 0 Å². The van der Waals surface area contributed by atoms with Crippen molar-refractivity contribution in [2.75, 3.05) is 19.8 Å². The smallest absolute Gasteiger partial charge is 0.186 e. The van der Waals surface area contributed by atoms with Crippen molar-refractivity contribution in [2.24, 2.45) is 5.73 Å². The summed E-state index contributed by atoms with van der Waals surface area (Å²) in [6.45, 7) is 0.928. The van der Waals surface area contributed by atoms with Gasteiger partial charge in [0.05, 0.1) is 6.61 Å². The van der Waals surface area contributed by atoms with Gasteiger partial charge in [-0.2, -0.15) is 0 Å². The number of nitrogens with two attached hydrogens (primary N) is 1. The van der Waals surface area contributed by atoms with Crippen LogP contribution in [0.2, 0.25) is 0 Å². The molecule has 19 heavy (non-hydrogen) atoms. The minimum Gasteiger partial charge on any atom is -0.394 e. The zero-order valence-electron chi connectivity index (χ0n) is 11.4. The molecule has 114 valence electrons. The molecule has 1 heterocycles. The van der Waals surface area contributed by atoms with Crippen molar-refractivity contribution in [2.45, 2.75) is 63.1 Å². The molecular formula is C13H27NO5. The van der Waals surface area contributed by atoms with Crippen LogP contribution < -0.4 is 5.73 Å². The SMILES string of the molecule is NCCCCCCCCO[C@H]1O[C@H](CO)[C@@H](O)[C@@H]1O. The van der Waals surface area contributed by atoms with E-state index in [0.29, 0.717) is 6.61 Å². The molecule has 0 aliphatic carbocycles. The molecule has 1 saturated heterocycles. The first-order valence-electron chi connectivity index (χ1n) is 7.14. The fourth-order valence-corrected chi connectivity index (χ4v) is 2.16. The average molecular weight is 277 g/mol. The molecule has 1 fully saturated rings. The summed E-state index contributed by atoms with van der Waals surface area (Å²) >= 11 is 0. The summed E-state index contributed by atoms with van der Waals surface area (Å²) in [5.74, 6) is 0. The highest BCUT2D eigenvalue weighted by Crippen LogP contribution is 2.22. The summed E-state index contributed by atoms with van der Waals surface area (Å²) in [5, 5.41) is 28.1. The lowest BCUT2D eigenvalue weighted by atomic mass is 10.1. The molecule has 4 atom stereocenters. The lowest BCUT2D eigenvalue weighted by Crippen LogP contribution is -2.34. The number of aliphatic hydroxyl groups excluding tert-OH is 3. The summed E-state index contributed by atoms with van der Waals surface area (Å²) in [6.07, 6.45) is 2.82. The first-order chi connectivity index (χ1) is 9.20. The van der Waals surface area contributed by atoms with Gasteiger partial charge in [0.15, 0.2) is 6.29 Å². The molecule has 0 saturated carbocycles. The number of unbranched alkanes of at least 4 members (excludes halogenated alkanes) is 5. The number of hydrogen-bond acceptors (Lipinski definition) is 6. The van der Waals surface area contributed by atoms with E-state index in [1.54, 1.807) is 0 Å². The Balaban J connectivity index is 2.01. The van der Waals surface area contributed by atoms with Crippen LogP contribution in [0.5, 0.6) is 0 Å².